The third kappa shape index (κ3) is 7.56. The molecule has 0 radical (unpaired) electrons. The lowest BCUT2D eigenvalue weighted by molar-refractivity contribution is -0.153. The molecule has 1 aliphatic carbocycles. The van der Waals surface area contributed by atoms with Gasteiger partial charge in [-0.3, -0.25) is 19.3 Å². The first-order valence-corrected chi connectivity index (χ1v) is 13.2. The van der Waals surface area contributed by atoms with E-state index in [9.17, 15) is 14.4 Å². The highest BCUT2D eigenvalue weighted by molar-refractivity contribution is 6.35. The van der Waals surface area contributed by atoms with Gasteiger partial charge in [-0.05, 0) is 37.5 Å². The predicted molar refractivity (Wildman–Crippen MR) is 136 cm³/mol. The first-order chi connectivity index (χ1) is 16.8. The minimum atomic E-state index is -0.749. The molecule has 0 spiro atoms. The Morgan fingerprint density at radius 1 is 1.14 bits per heavy atom. The van der Waals surface area contributed by atoms with Gasteiger partial charge in [0, 0.05) is 61.7 Å². The quantitative estimate of drug-likeness (QED) is 0.479. The Morgan fingerprint density at radius 2 is 1.86 bits per heavy atom. The zero-order valence-corrected chi connectivity index (χ0v) is 21.8. The summed E-state index contributed by atoms with van der Waals surface area (Å²) in [6.07, 6.45) is 4.35. The first kappa shape index (κ1) is 27.7. The maximum absolute atomic E-state index is 13.5. The van der Waals surface area contributed by atoms with Gasteiger partial charge in [0.2, 0.25) is 11.8 Å². The summed E-state index contributed by atoms with van der Waals surface area (Å²) in [6, 6.07) is 4.52. The van der Waals surface area contributed by atoms with Crippen molar-refractivity contribution in [2.45, 2.75) is 57.5 Å². The number of hydrogen-bond donors (Lipinski definition) is 2. The van der Waals surface area contributed by atoms with Crippen LogP contribution in [0, 0.1) is 5.92 Å². The lowest BCUT2D eigenvalue weighted by atomic mass is 9.83. The van der Waals surface area contributed by atoms with Crippen LogP contribution < -0.4 is 11.1 Å². The number of hydrogen-bond acceptors (Lipinski definition) is 6. The van der Waals surface area contributed by atoms with Crippen molar-refractivity contribution >= 4 is 41.0 Å². The molecule has 1 aliphatic heterocycles. The molecule has 2 aliphatic rings. The van der Waals surface area contributed by atoms with Gasteiger partial charge >= 0.3 is 5.97 Å². The molecule has 35 heavy (non-hydrogen) atoms. The van der Waals surface area contributed by atoms with Crippen molar-refractivity contribution in [2.24, 2.45) is 11.7 Å². The van der Waals surface area contributed by atoms with Gasteiger partial charge in [-0.15, -0.1) is 0 Å². The summed E-state index contributed by atoms with van der Waals surface area (Å²) < 4.78 is 5.33. The number of amides is 2. The Kier molecular flexibility index (Phi) is 10.6. The molecule has 8 nitrogen and oxygen atoms in total. The SMILES string of the molecule is CCOC(=O)[C@@H]1CCCC[C@H]1N1CCN(C(=O)[C@@H](Cc2ccc(Cl)cc2Cl)NC(=O)CCN)CC1. The average molecular weight is 527 g/mol. The van der Waals surface area contributed by atoms with E-state index in [0.717, 1.165) is 31.2 Å². The van der Waals surface area contributed by atoms with Gasteiger partial charge in [-0.25, -0.2) is 0 Å². The van der Waals surface area contributed by atoms with E-state index in [1.807, 2.05) is 6.92 Å². The van der Waals surface area contributed by atoms with Crippen molar-refractivity contribution in [3.05, 3.63) is 33.8 Å². The van der Waals surface area contributed by atoms with Crippen molar-refractivity contribution in [2.75, 3.05) is 39.3 Å². The number of benzene rings is 1. The van der Waals surface area contributed by atoms with Crippen molar-refractivity contribution < 1.29 is 19.1 Å². The molecule has 1 saturated heterocycles. The molecule has 0 bridgehead atoms. The fourth-order valence-corrected chi connectivity index (χ4v) is 5.56. The molecule has 1 saturated carbocycles. The second-order valence-electron chi connectivity index (χ2n) is 9.17. The van der Waals surface area contributed by atoms with E-state index in [1.165, 1.54) is 0 Å². The predicted octanol–water partition coefficient (Wildman–Crippen LogP) is 2.64. The smallest absolute Gasteiger partial charge is 0.310 e. The third-order valence-corrected chi connectivity index (χ3v) is 7.44. The summed E-state index contributed by atoms with van der Waals surface area (Å²) in [6.45, 7) is 4.84. The molecule has 0 aromatic heterocycles. The molecular formula is C25H36Cl2N4O4. The number of nitrogens with two attached hydrogens (primary N) is 1. The third-order valence-electron chi connectivity index (χ3n) is 6.86. The molecule has 2 amide bonds. The van der Waals surface area contributed by atoms with Crippen molar-refractivity contribution in [1.82, 2.24) is 15.1 Å². The van der Waals surface area contributed by atoms with Crippen LogP contribution in [0.5, 0.6) is 0 Å². The number of carbonyl (C=O) groups is 3. The Hall–Kier alpha value is -1.87. The molecule has 10 heteroatoms. The number of piperazine rings is 1. The lowest BCUT2D eigenvalue weighted by Gasteiger charge is -2.44. The number of esters is 1. The number of ether oxygens (including phenoxy) is 1. The van der Waals surface area contributed by atoms with Crippen LogP contribution in [-0.2, 0) is 25.5 Å². The van der Waals surface area contributed by atoms with Crippen LogP contribution in [0.2, 0.25) is 10.0 Å². The molecule has 2 fully saturated rings. The van der Waals surface area contributed by atoms with Crippen molar-refractivity contribution in [3.8, 4) is 0 Å². The van der Waals surface area contributed by atoms with Crippen LogP contribution in [0.4, 0.5) is 0 Å². The number of nitrogens with zero attached hydrogens (tertiary/aromatic N) is 2. The Labute approximate surface area is 217 Å². The molecular weight excluding hydrogens is 491 g/mol. The zero-order chi connectivity index (χ0) is 25.4. The highest BCUT2D eigenvalue weighted by Crippen LogP contribution is 2.30. The van der Waals surface area contributed by atoms with Gasteiger partial charge in [-0.1, -0.05) is 42.1 Å². The summed E-state index contributed by atoms with van der Waals surface area (Å²) >= 11 is 12.4. The van der Waals surface area contributed by atoms with Gasteiger partial charge < -0.3 is 20.7 Å². The summed E-state index contributed by atoms with van der Waals surface area (Å²) in [5, 5.41) is 3.80. The van der Waals surface area contributed by atoms with E-state index in [0.29, 0.717) is 42.8 Å². The van der Waals surface area contributed by atoms with Crippen LogP contribution in [0.3, 0.4) is 0 Å². The van der Waals surface area contributed by atoms with Crippen LogP contribution in [0.1, 0.15) is 44.6 Å². The largest absolute Gasteiger partial charge is 0.466 e. The van der Waals surface area contributed by atoms with E-state index in [-0.39, 0.29) is 49.1 Å². The topological polar surface area (TPSA) is 105 Å². The van der Waals surface area contributed by atoms with Crippen molar-refractivity contribution in [3.63, 3.8) is 0 Å². The fourth-order valence-electron chi connectivity index (χ4n) is 5.07. The van der Waals surface area contributed by atoms with Crippen LogP contribution >= 0.6 is 23.2 Å². The molecule has 194 valence electrons. The second kappa shape index (κ2) is 13.4. The lowest BCUT2D eigenvalue weighted by Crippen LogP contribution is -2.58. The van der Waals surface area contributed by atoms with Crippen molar-refractivity contribution in [1.29, 1.82) is 0 Å². The van der Waals surface area contributed by atoms with Gasteiger partial charge in [0.25, 0.3) is 0 Å². The maximum atomic E-state index is 13.5. The number of carbonyl (C=O) groups excluding carboxylic acids is 3. The minimum Gasteiger partial charge on any atom is -0.466 e. The molecule has 1 heterocycles. The van der Waals surface area contributed by atoms with E-state index in [4.69, 9.17) is 33.7 Å². The monoisotopic (exact) mass is 526 g/mol. The highest BCUT2D eigenvalue weighted by Gasteiger charge is 2.38. The molecule has 0 unspecified atom stereocenters. The molecule has 1 aromatic carbocycles. The maximum Gasteiger partial charge on any atom is 0.310 e. The van der Waals surface area contributed by atoms with E-state index < -0.39 is 6.04 Å². The average Bonchev–Trinajstić information content (AvgIpc) is 2.85. The zero-order valence-electron chi connectivity index (χ0n) is 20.3. The number of rotatable bonds is 9. The van der Waals surface area contributed by atoms with E-state index >= 15 is 0 Å². The first-order valence-electron chi connectivity index (χ1n) is 12.5. The van der Waals surface area contributed by atoms with E-state index in [1.54, 1.807) is 23.1 Å². The molecule has 1 aromatic rings. The number of nitrogens with one attached hydrogen (secondary N) is 1. The fraction of sp³-hybridized carbons (Fsp3) is 0.640. The normalized spacial score (nSPS) is 21.9. The van der Waals surface area contributed by atoms with Crippen LogP contribution in [-0.4, -0.2) is 79.0 Å². The van der Waals surface area contributed by atoms with Crippen LogP contribution in [0.15, 0.2) is 18.2 Å². The van der Waals surface area contributed by atoms with Gasteiger partial charge in [0.15, 0.2) is 0 Å². The standard InChI is InChI=1S/C25H36Cl2N4O4/c1-2-35-25(34)19-5-3-4-6-22(19)30-11-13-31(14-12-30)24(33)21(29-23(32)9-10-28)15-17-7-8-18(26)16-20(17)27/h7-8,16,19,21-22H,2-6,9-15,28H2,1H3,(H,29,32)/t19-,21-,22-/m1/s1. The number of halogens is 2. The van der Waals surface area contributed by atoms with Crippen LogP contribution in [0.25, 0.3) is 0 Å². The summed E-state index contributed by atoms with van der Waals surface area (Å²) in [5.41, 5.74) is 6.26. The van der Waals surface area contributed by atoms with Gasteiger partial charge in [-0.2, -0.15) is 0 Å². The van der Waals surface area contributed by atoms with Gasteiger partial charge in [0.05, 0.1) is 12.5 Å². The molecule has 3 rings (SSSR count). The van der Waals surface area contributed by atoms with E-state index in [2.05, 4.69) is 10.2 Å². The Bertz CT molecular complexity index is 892. The Balaban J connectivity index is 1.66. The molecule has 3 atom stereocenters. The summed E-state index contributed by atoms with van der Waals surface area (Å²) in [7, 11) is 0. The highest BCUT2D eigenvalue weighted by atomic mass is 35.5. The Morgan fingerprint density at radius 3 is 2.51 bits per heavy atom. The summed E-state index contributed by atoms with van der Waals surface area (Å²) in [5.74, 6) is -0.639. The minimum absolute atomic E-state index is 0.110. The second-order valence-corrected chi connectivity index (χ2v) is 10.0. The summed E-state index contributed by atoms with van der Waals surface area (Å²) in [4.78, 5) is 42.4. The molecule has 3 N–H and O–H groups in total. The van der Waals surface area contributed by atoms with Gasteiger partial charge in [0.1, 0.15) is 6.04 Å².